The lowest BCUT2D eigenvalue weighted by atomic mass is 10.2. The Kier molecular flexibility index (Phi) is 3.14. The van der Waals surface area contributed by atoms with Crippen LogP contribution < -0.4 is 4.74 Å². The minimum atomic E-state index is 0.348. The van der Waals surface area contributed by atoms with Crippen LogP contribution in [0.4, 0.5) is 0 Å². The first-order valence-electron chi connectivity index (χ1n) is 5.22. The fraction of sp³-hybridized carbons (Fsp3) is 0.364. The molecule has 0 bridgehead atoms. The average molecular weight is 218 g/mol. The number of ether oxygens (including phenoxy) is 1. The summed E-state index contributed by atoms with van der Waals surface area (Å²) in [5, 5.41) is 11.6. The molecule has 1 aromatic heterocycles. The highest BCUT2D eigenvalue weighted by Gasteiger charge is 2.01. The van der Waals surface area contributed by atoms with Gasteiger partial charge >= 0.3 is 0 Å². The van der Waals surface area contributed by atoms with Gasteiger partial charge in [0.2, 0.25) is 5.82 Å². The standard InChI is InChI=1S/C11H14N4O/c1-3-9-5-4-6-10(7-9)16-8-11-12-14-15(2)13-11/h4-7H,3,8H2,1-2H3. The third kappa shape index (κ3) is 2.56. The monoisotopic (exact) mass is 218 g/mol. The molecule has 1 heterocycles. The molecule has 84 valence electrons. The van der Waals surface area contributed by atoms with Gasteiger partial charge in [0.25, 0.3) is 0 Å². The van der Waals surface area contributed by atoms with Crippen molar-refractivity contribution in [3.8, 4) is 5.75 Å². The summed E-state index contributed by atoms with van der Waals surface area (Å²) in [7, 11) is 1.73. The Balaban J connectivity index is 1.99. The van der Waals surface area contributed by atoms with Crippen LogP contribution in [-0.4, -0.2) is 20.2 Å². The molecule has 2 rings (SSSR count). The van der Waals surface area contributed by atoms with Crippen LogP contribution in [0.25, 0.3) is 0 Å². The van der Waals surface area contributed by atoms with Gasteiger partial charge in [-0.1, -0.05) is 19.1 Å². The average Bonchev–Trinajstić information content (AvgIpc) is 2.73. The van der Waals surface area contributed by atoms with Crippen LogP contribution in [0.15, 0.2) is 24.3 Å². The molecule has 0 aliphatic carbocycles. The quantitative estimate of drug-likeness (QED) is 0.777. The zero-order valence-electron chi connectivity index (χ0n) is 9.42. The maximum absolute atomic E-state index is 5.57. The predicted octanol–water partition coefficient (Wildman–Crippen LogP) is 1.35. The summed E-state index contributed by atoms with van der Waals surface area (Å²) in [6.45, 7) is 2.46. The summed E-state index contributed by atoms with van der Waals surface area (Å²) >= 11 is 0. The van der Waals surface area contributed by atoms with Crippen LogP contribution in [0.2, 0.25) is 0 Å². The second kappa shape index (κ2) is 4.74. The number of benzene rings is 1. The Bertz CT molecular complexity index is 467. The van der Waals surface area contributed by atoms with E-state index >= 15 is 0 Å². The number of hydrogen-bond donors (Lipinski definition) is 0. The molecule has 0 N–H and O–H groups in total. The number of aromatic nitrogens is 4. The minimum absolute atomic E-state index is 0.348. The van der Waals surface area contributed by atoms with Gasteiger partial charge in [0.05, 0.1) is 7.05 Å². The van der Waals surface area contributed by atoms with Crippen LogP contribution in [0, 0.1) is 0 Å². The Morgan fingerprint density at radius 3 is 2.94 bits per heavy atom. The lowest BCUT2D eigenvalue weighted by Gasteiger charge is -2.04. The second-order valence-corrected chi connectivity index (χ2v) is 3.48. The van der Waals surface area contributed by atoms with Gasteiger partial charge < -0.3 is 4.74 Å². The second-order valence-electron chi connectivity index (χ2n) is 3.48. The molecule has 0 unspecified atom stereocenters. The van der Waals surface area contributed by atoms with Gasteiger partial charge in [0.15, 0.2) is 6.61 Å². The van der Waals surface area contributed by atoms with E-state index in [4.69, 9.17) is 4.74 Å². The zero-order valence-corrected chi connectivity index (χ0v) is 9.42. The smallest absolute Gasteiger partial charge is 0.212 e. The van der Waals surface area contributed by atoms with Crippen molar-refractivity contribution in [1.82, 2.24) is 20.2 Å². The van der Waals surface area contributed by atoms with Crippen LogP contribution in [0.1, 0.15) is 18.3 Å². The largest absolute Gasteiger partial charge is 0.485 e. The van der Waals surface area contributed by atoms with Crippen molar-refractivity contribution in [3.63, 3.8) is 0 Å². The van der Waals surface area contributed by atoms with E-state index in [0.29, 0.717) is 12.4 Å². The Hall–Kier alpha value is -1.91. The fourth-order valence-corrected chi connectivity index (χ4v) is 1.38. The van der Waals surface area contributed by atoms with E-state index in [-0.39, 0.29) is 0 Å². The molecule has 0 amide bonds. The van der Waals surface area contributed by atoms with E-state index in [1.165, 1.54) is 10.4 Å². The van der Waals surface area contributed by atoms with Crippen LogP contribution in [-0.2, 0) is 20.1 Å². The molecular formula is C11H14N4O. The molecule has 0 aliphatic rings. The van der Waals surface area contributed by atoms with E-state index in [1.54, 1.807) is 7.05 Å². The molecule has 0 spiro atoms. The van der Waals surface area contributed by atoms with Gasteiger partial charge in [-0.25, -0.2) is 0 Å². The molecule has 5 nitrogen and oxygen atoms in total. The van der Waals surface area contributed by atoms with Gasteiger partial charge in [0.1, 0.15) is 5.75 Å². The maximum atomic E-state index is 5.57. The third-order valence-electron chi connectivity index (χ3n) is 2.22. The van der Waals surface area contributed by atoms with E-state index in [1.807, 2.05) is 18.2 Å². The van der Waals surface area contributed by atoms with E-state index < -0.39 is 0 Å². The molecule has 0 aliphatic heterocycles. The Morgan fingerprint density at radius 1 is 1.38 bits per heavy atom. The number of hydrogen-bond acceptors (Lipinski definition) is 4. The molecule has 5 heteroatoms. The molecule has 2 aromatic rings. The first-order valence-corrected chi connectivity index (χ1v) is 5.22. The Morgan fingerprint density at radius 2 is 2.25 bits per heavy atom. The van der Waals surface area contributed by atoms with Crippen LogP contribution in [0.3, 0.4) is 0 Å². The highest BCUT2D eigenvalue weighted by molar-refractivity contribution is 5.28. The normalized spacial score (nSPS) is 10.4. The van der Waals surface area contributed by atoms with E-state index in [9.17, 15) is 0 Å². The molecule has 1 aromatic carbocycles. The van der Waals surface area contributed by atoms with Gasteiger partial charge in [-0.2, -0.15) is 4.80 Å². The first kappa shape index (κ1) is 10.6. The SMILES string of the molecule is CCc1cccc(OCc2nnn(C)n2)c1. The summed E-state index contributed by atoms with van der Waals surface area (Å²) in [6, 6.07) is 8.01. The molecule has 0 atom stereocenters. The highest BCUT2D eigenvalue weighted by Crippen LogP contribution is 2.14. The van der Waals surface area contributed by atoms with Crippen molar-refractivity contribution >= 4 is 0 Å². The minimum Gasteiger partial charge on any atom is -0.485 e. The molecule has 16 heavy (non-hydrogen) atoms. The summed E-state index contributed by atoms with van der Waals surface area (Å²) in [5.41, 5.74) is 1.25. The van der Waals surface area contributed by atoms with Gasteiger partial charge in [-0.15, -0.1) is 10.2 Å². The molecular weight excluding hydrogens is 204 g/mol. The van der Waals surface area contributed by atoms with Gasteiger partial charge in [-0.05, 0) is 29.3 Å². The highest BCUT2D eigenvalue weighted by atomic mass is 16.5. The number of aryl methyl sites for hydroxylation is 2. The first-order chi connectivity index (χ1) is 7.78. The molecule has 0 saturated carbocycles. The maximum Gasteiger partial charge on any atom is 0.212 e. The van der Waals surface area contributed by atoms with Crippen molar-refractivity contribution in [2.75, 3.05) is 0 Å². The number of tetrazole rings is 1. The van der Waals surface area contributed by atoms with Crippen LogP contribution >= 0.6 is 0 Å². The van der Waals surface area contributed by atoms with Gasteiger partial charge in [-0.3, -0.25) is 0 Å². The van der Waals surface area contributed by atoms with Crippen molar-refractivity contribution < 1.29 is 4.74 Å². The molecule has 0 radical (unpaired) electrons. The molecule has 0 saturated heterocycles. The van der Waals surface area contributed by atoms with Crippen molar-refractivity contribution in [2.45, 2.75) is 20.0 Å². The van der Waals surface area contributed by atoms with E-state index in [2.05, 4.69) is 28.4 Å². The summed E-state index contributed by atoms with van der Waals surface area (Å²) in [5.74, 6) is 1.43. The molecule has 0 fully saturated rings. The van der Waals surface area contributed by atoms with Crippen molar-refractivity contribution in [1.29, 1.82) is 0 Å². The van der Waals surface area contributed by atoms with Crippen molar-refractivity contribution in [3.05, 3.63) is 35.7 Å². The Labute approximate surface area is 94.0 Å². The van der Waals surface area contributed by atoms with Gasteiger partial charge in [0, 0.05) is 0 Å². The fourth-order valence-electron chi connectivity index (χ4n) is 1.38. The van der Waals surface area contributed by atoms with E-state index in [0.717, 1.165) is 12.2 Å². The van der Waals surface area contributed by atoms with Crippen molar-refractivity contribution in [2.24, 2.45) is 7.05 Å². The number of rotatable bonds is 4. The van der Waals surface area contributed by atoms with Crippen LogP contribution in [0.5, 0.6) is 5.75 Å². The summed E-state index contributed by atoms with van der Waals surface area (Å²) < 4.78 is 5.57. The predicted molar refractivity (Wildman–Crippen MR) is 59.0 cm³/mol. The zero-order chi connectivity index (χ0) is 11.4. The number of nitrogens with zero attached hydrogens (tertiary/aromatic N) is 4. The lowest BCUT2D eigenvalue weighted by molar-refractivity contribution is 0.295. The topological polar surface area (TPSA) is 52.8 Å². The lowest BCUT2D eigenvalue weighted by Crippen LogP contribution is -1.99. The summed E-state index contributed by atoms with van der Waals surface area (Å²) in [6.07, 6.45) is 1.00. The summed E-state index contributed by atoms with van der Waals surface area (Å²) in [4.78, 5) is 1.42. The third-order valence-corrected chi connectivity index (χ3v) is 2.22.